The van der Waals surface area contributed by atoms with E-state index in [1.165, 1.54) is 0 Å². The van der Waals surface area contributed by atoms with Crippen molar-refractivity contribution in [3.05, 3.63) is 23.4 Å². The standard InChI is InChI=1S/C15H26N4O/c1-5-13-9-12(10-14(16)18-13)15(20)17-7-6-8-19(4)11(2)3/h9-11H,5-8H2,1-4H3,(H2,16,18)(H,17,20). The number of anilines is 1. The Bertz CT molecular complexity index is 445. The van der Waals surface area contributed by atoms with Gasteiger partial charge in [-0.25, -0.2) is 4.98 Å². The molecule has 1 amide bonds. The Morgan fingerprint density at radius 1 is 1.45 bits per heavy atom. The SMILES string of the molecule is CCc1cc(C(=O)NCCCN(C)C(C)C)cc(N)n1. The minimum Gasteiger partial charge on any atom is -0.384 e. The molecular formula is C15H26N4O. The number of hydrogen-bond donors (Lipinski definition) is 2. The maximum absolute atomic E-state index is 12.0. The average molecular weight is 278 g/mol. The van der Waals surface area contributed by atoms with Gasteiger partial charge in [0, 0.05) is 23.8 Å². The minimum absolute atomic E-state index is 0.0824. The van der Waals surface area contributed by atoms with Crippen LogP contribution in [0.5, 0.6) is 0 Å². The molecule has 0 unspecified atom stereocenters. The van der Waals surface area contributed by atoms with Crippen LogP contribution in [-0.2, 0) is 6.42 Å². The molecule has 0 saturated carbocycles. The first kappa shape index (κ1) is 16.4. The van der Waals surface area contributed by atoms with E-state index in [1.54, 1.807) is 12.1 Å². The molecule has 0 aliphatic carbocycles. The van der Waals surface area contributed by atoms with E-state index >= 15 is 0 Å². The smallest absolute Gasteiger partial charge is 0.251 e. The van der Waals surface area contributed by atoms with E-state index in [2.05, 4.69) is 36.1 Å². The zero-order valence-corrected chi connectivity index (χ0v) is 12.9. The summed E-state index contributed by atoms with van der Waals surface area (Å²) in [5, 5.41) is 2.92. The topological polar surface area (TPSA) is 71.2 Å². The van der Waals surface area contributed by atoms with Crippen LogP contribution in [0.15, 0.2) is 12.1 Å². The van der Waals surface area contributed by atoms with Gasteiger partial charge in [0.05, 0.1) is 0 Å². The molecule has 0 spiro atoms. The predicted molar refractivity (Wildman–Crippen MR) is 82.7 cm³/mol. The van der Waals surface area contributed by atoms with Crippen LogP contribution in [0, 0.1) is 0 Å². The molecule has 0 aliphatic heterocycles. The van der Waals surface area contributed by atoms with E-state index < -0.39 is 0 Å². The summed E-state index contributed by atoms with van der Waals surface area (Å²) in [6, 6.07) is 3.94. The van der Waals surface area contributed by atoms with Gasteiger partial charge < -0.3 is 16.0 Å². The fraction of sp³-hybridized carbons (Fsp3) is 0.600. The Morgan fingerprint density at radius 2 is 2.15 bits per heavy atom. The van der Waals surface area contributed by atoms with Gasteiger partial charge in [-0.15, -0.1) is 0 Å². The van der Waals surface area contributed by atoms with Crippen LogP contribution in [0.1, 0.15) is 43.2 Å². The van der Waals surface area contributed by atoms with Crippen molar-refractivity contribution in [3.63, 3.8) is 0 Å². The molecule has 112 valence electrons. The number of aromatic nitrogens is 1. The second-order valence-electron chi connectivity index (χ2n) is 5.31. The second-order valence-corrected chi connectivity index (χ2v) is 5.31. The molecule has 20 heavy (non-hydrogen) atoms. The summed E-state index contributed by atoms with van der Waals surface area (Å²) in [6.45, 7) is 7.94. The number of amides is 1. The van der Waals surface area contributed by atoms with Crippen molar-refractivity contribution in [3.8, 4) is 0 Å². The summed E-state index contributed by atoms with van der Waals surface area (Å²) in [5.41, 5.74) is 7.13. The summed E-state index contributed by atoms with van der Waals surface area (Å²) in [5.74, 6) is 0.315. The van der Waals surface area contributed by atoms with Crippen LogP contribution in [0.2, 0.25) is 0 Å². The van der Waals surface area contributed by atoms with Gasteiger partial charge in [0.1, 0.15) is 5.82 Å². The van der Waals surface area contributed by atoms with Gasteiger partial charge in [0.15, 0.2) is 0 Å². The van der Waals surface area contributed by atoms with Gasteiger partial charge in [-0.3, -0.25) is 4.79 Å². The van der Waals surface area contributed by atoms with E-state index in [4.69, 9.17) is 5.73 Å². The first-order chi connectivity index (χ1) is 9.43. The summed E-state index contributed by atoms with van der Waals surface area (Å²) >= 11 is 0. The number of nitrogen functional groups attached to an aromatic ring is 1. The van der Waals surface area contributed by atoms with Gasteiger partial charge in [-0.1, -0.05) is 6.92 Å². The molecule has 0 atom stereocenters. The number of rotatable bonds is 7. The molecule has 1 rings (SSSR count). The molecule has 0 saturated heterocycles. The number of carbonyl (C=O) groups excluding carboxylic acids is 1. The lowest BCUT2D eigenvalue weighted by Gasteiger charge is -2.20. The molecule has 0 aromatic carbocycles. The van der Waals surface area contributed by atoms with Gasteiger partial charge in [-0.2, -0.15) is 0 Å². The van der Waals surface area contributed by atoms with E-state index in [9.17, 15) is 4.79 Å². The zero-order chi connectivity index (χ0) is 15.1. The Hall–Kier alpha value is -1.62. The minimum atomic E-state index is -0.0824. The maximum atomic E-state index is 12.0. The fourth-order valence-electron chi connectivity index (χ4n) is 1.81. The third-order valence-corrected chi connectivity index (χ3v) is 3.38. The Kier molecular flexibility index (Phi) is 6.45. The number of hydrogen-bond acceptors (Lipinski definition) is 4. The molecule has 0 bridgehead atoms. The van der Waals surface area contributed by atoms with Crippen molar-refractivity contribution in [1.82, 2.24) is 15.2 Å². The van der Waals surface area contributed by atoms with Crippen molar-refractivity contribution in [2.75, 3.05) is 25.9 Å². The number of nitrogens with zero attached hydrogens (tertiary/aromatic N) is 2. The molecule has 1 heterocycles. The first-order valence-electron chi connectivity index (χ1n) is 7.19. The third kappa shape index (κ3) is 5.17. The normalized spacial score (nSPS) is 11.1. The lowest BCUT2D eigenvalue weighted by Crippen LogP contribution is -2.31. The molecule has 0 fully saturated rings. The number of aryl methyl sites for hydroxylation is 1. The highest BCUT2D eigenvalue weighted by Gasteiger charge is 2.08. The highest BCUT2D eigenvalue weighted by molar-refractivity contribution is 5.94. The highest BCUT2D eigenvalue weighted by atomic mass is 16.1. The molecule has 0 radical (unpaired) electrons. The highest BCUT2D eigenvalue weighted by Crippen LogP contribution is 2.08. The summed E-state index contributed by atoms with van der Waals surface area (Å²) in [6.07, 6.45) is 1.70. The first-order valence-corrected chi connectivity index (χ1v) is 7.19. The van der Waals surface area contributed by atoms with Crippen molar-refractivity contribution in [2.24, 2.45) is 0 Å². The van der Waals surface area contributed by atoms with E-state index in [1.807, 2.05) is 6.92 Å². The Labute approximate surface area is 121 Å². The van der Waals surface area contributed by atoms with E-state index in [-0.39, 0.29) is 5.91 Å². The van der Waals surface area contributed by atoms with Crippen LogP contribution in [-0.4, -0.2) is 42.0 Å². The van der Waals surface area contributed by atoms with Gasteiger partial charge in [0.2, 0.25) is 0 Å². The molecule has 1 aromatic heterocycles. The summed E-state index contributed by atoms with van der Waals surface area (Å²) < 4.78 is 0. The van der Waals surface area contributed by atoms with Gasteiger partial charge >= 0.3 is 0 Å². The third-order valence-electron chi connectivity index (χ3n) is 3.38. The van der Waals surface area contributed by atoms with Crippen LogP contribution >= 0.6 is 0 Å². The largest absolute Gasteiger partial charge is 0.384 e. The summed E-state index contributed by atoms with van der Waals surface area (Å²) in [7, 11) is 2.09. The maximum Gasteiger partial charge on any atom is 0.251 e. The Morgan fingerprint density at radius 3 is 2.75 bits per heavy atom. The number of nitrogens with one attached hydrogen (secondary N) is 1. The Balaban J connectivity index is 2.45. The number of pyridine rings is 1. The van der Waals surface area contributed by atoms with Crippen molar-refractivity contribution in [1.29, 1.82) is 0 Å². The fourth-order valence-corrected chi connectivity index (χ4v) is 1.81. The molecule has 5 heteroatoms. The quantitative estimate of drug-likeness (QED) is 0.745. The zero-order valence-electron chi connectivity index (χ0n) is 12.9. The monoisotopic (exact) mass is 278 g/mol. The molecule has 3 N–H and O–H groups in total. The van der Waals surface area contributed by atoms with Crippen molar-refractivity contribution < 1.29 is 4.79 Å². The van der Waals surface area contributed by atoms with Crippen LogP contribution < -0.4 is 11.1 Å². The lowest BCUT2D eigenvalue weighted by atomic mass is 10.2. The molecule has 1 aromatic rings. The number of nitrogens with two attached hydrogens (primary N) is 1. The number of carbonyl (C=O) groups is 1. The average Bonchev–Trinajstić information content (AvgIpc) is 2.42. The molecule has 0 aliphatic rings. The predicted octanol–water partition coefficient (Wildman–Crippen LogP) is 1.69. The molecule has 5 nitrogen and oxygen atoms in total. The van der Waals surface area contributed by atoms with Gasteiger partial charge in [-0.05, 0) is 52.4 Å². The summed E-state index contributed by atoms with van der Waals surface area (Å²) in [4.78, 5) is 18.5. The van der Waals surface area contributed by atoms with Crippen LogP contribution in [0.3, 0.4) is 0 Å². The van der Waals surface area contributed by atoms with Crippen LogP contribution in [0.25, 0.3) is 0 Å². The lowest BCUT2D eigenvalue weighted by molar-refractivity contribution is 0.0951. The van der Waals surface area contributed by atoms with Crippen molar-refractivity contribution >= 4 is 11.7 Å². The molecular weight excluding hydrogens is 252 g/mol. The van der Waals surface area contributed by atoms with E-state index in [0.29, 0.717) is 24.0 Å². The van der Waals surface area contributed by atoms with Gasteiger partial charge in [0.25, 0.3) is 5.91 Å². The van der Waals surface area contributed by atoms with Crippen LogP contribution in [0.4, 0.5) is 5.82 Å². The van der Waals surface area contributed by atoms with E-state index in [0.717, 1.165) is 25.1 Å². The second kappa shape index (κ2) is 7.85. The van der Waals surface area contributed by atoms with Crippen molar-refractivity contribution in [2.45, 2.75) is 39.7 Å².